The minimum Gasteiger partial charge on any atom is -0.491 e. The van der Waals surface area contributed by atoms with Gasteiger partial charge in [0.2, 0.25) is 0 Å². The number of ether oxygens (including phenoxy) is 2. The van der Waals surface area contributed by atoms with Gasteiger partial charge in [-0.15, -0.1) is 11.3 Å². The Morgan fingerprint density at radius 3 is 2.02 bits per heavy atom. The summed E-state index contributed by atoms with van der Waals surface area (Å²) in [4.78, 5) is 5.06. The summed E-state index contributed by atoms with van der Waals surface area (Å²) in [5.41, 5.74) is 9.77. The lowest BCUT2D eigenvalue weighted by atomic mass is 9.69. The van der Waals surface area contributed by atoms with E-state index in [0.717, 1.165) is 72.4 Å². The van der Waals surface area contributed by atoms with Gasteiger partial charge in [0.25, 0.3) is 0 Å². The first-order valence-corrected chi connectivity index (χ1v) is 18.5. The predicted octanol–water partition coefficient (Wildman–Crippen LogP) is 11.7. The van der Waals surface area contributed by atoms with Gasteiger partial charge < -0.3 is 15.2 Å². The molecule has 0 amide bonds. The van der Waals surface area contributed by atoms with Gasteiger partial charge in [0.05, 0.1) is 6.61 Å². The van der Waals surface area contributed by atoms with Crippen LogP contribution in [0.2, 0.25) is 0 Å². The number of aromatic nitrogens is 1. The number of halogens is 1. The smallest absolute Gasteiger partial charge is 0.146 e. The second kappa shape index (κ2) is 16.1. The van der Waals surface area contributed by atoms with Gasteiger partial charge in [-0.1, -0.05) is 74.5 Å². The van der Waals surface area contributed by atoms with E-state index >= 15 is 0 Å². The molecule has 1 aromatic heterocycles. The minimum atomic E-state index is 0.501. The van der Waals surface area contributed by atoms with E-state index in [1.807, 2.05) is 62.4 Å². The van der Waals surface area contributed by atoms with Crippen molar-refractivity contribution in [3.05, 3.63) is 70.7 Å². The third-order valence-electron chi connectivity index (χ3n) is 9.56. The zero-order valence-corrected chi connectivity index (χ0v) is 29.1. The van der Waals surface area contributed by atoms with Gasteiger partial charge in [0.1, 0.15) is 33.3 Å². The molecular weight excluding hydrogens is 628 g/mol. The van der Waals surface area contributed by atoms with Crippen LogP contribution in [-0.4, -0.2) is 11.6 Å². The molecule has 0 bridgehead atoms. The van der Waals surface area contributed by atoms with Crippen LogP contribution in [0.25, 0.3) is 20.8 Å². The monoisotopic (exact) mass is 676 g/mol. The van der Waals surface area contributed by atoms with Crippen molar-refractivity contribution in [2.45, 2.75) is 91.6 Å². The lowest BCUT2D eigenvalue weighted by molar-refractivity contribution is 0.122. The number of thiazole rings is 1. The molecule has 4 aromatic rings. The predicted molar refractivity (Wildman–Crippen MR) is 191 cm³/mol. The van der Waals surface area contributed by atoms with Crippen molar-refractivity contribution in [3.8, 4) is 22.1 Å². The largest absolute Gasteiger partial charge is 0.491 e. The van der Waals surface area contributed by atoms with Gasteiger partial charge in [0, 0.05) is 15.7 Å². The number of nitrogens with zero attached hydrogens (tertiary/aromatic N) is 1. The summed E-state index contributed by atoms with van der Waals surface area (Å²) in [6.45, 7) is 7.60. The van der Waals surface area contributed by atoms with E-state index in [-0.39, 0.29) is 0 Å². The Morgan fingerprint density at radius 2 is 1.39 bits per heavy atom. The summed E-state index contributed by atoms with van der Waals surface area (Å²) >= 11 is 5.16. The maximum atomic E-state index is 6.54. The van der Waals surface area contributed by atoms with Crippen LogP contribution in [-0.2, 0) is 6.61 Å². The fraction of sp³-hybridized carbons (Fsp3) is 0.500. The Morgan fingerprint density at radius 1 is 0.773 bits per heavy atom. The molecular formula is C38H49BrN2O2S. The molecule has 236 valence electrons. The molecule has 0 saturated heterocycles. The molecule has 2 aliphatic rings. The van der Waals surface area contributed by atoms with Crippen LogP contribution < -0.4 is 15.2 Å². The van der Waals surface area contributed by atoms with Crippen molar-refractivity contribution in [2.24, 2.45) is 23.7 Å². The van der Waals surface area contributed by atoms with Crippen molar-refractivity contribution >= 4 is 43.2 Å². The SMILES string of the molecule is CC.CCCC1CCC(C2CCC(COc3ccc(OCc4ccc(Br)cc4)c4sc(-c5ccc(N)cc5)nc34)CC2)CC1. The van der Waals surface area contributed by atoms with Crippen molar-refractivity contribution in [1.82, 2.24) is 4.98 Å². The van der Waals surface area contributed by atoms with E-state index < -0.39 is 0 Å². The highest BCUT2D eigenvalue weighted by molar-refractivity contribution is 9.10. The van der Waals surface area contributed by atoms with Crippen molar-refractivity contribution in [3.63, 3.8) is 0 Å². The van der Waals surface area contributed by atoms with E-state index in [9.17, 15) is 0 Å². The van der Waals surface area contributed by atoms with Gasteiger partial charge in [-0.05, 0) is 116 Å². The summed E-state index contributed by atoms with van der Waals surface area (Å²) in [5, 5.41) is 0.948. The number of nitrogen functional groups attached to an aromatic ring is 1. The topological polar surface area (TPSA) is 57.4 Å². The summed E-state index contributed by atoms with van der Waals surface area (Å²) < 4.78 is 15.0. The van der Waals surface area contributed by atoms with Crippen LogP contribution in [0.4, 0.5) is 5.69 Å². The Labute approximate surface area is 276 Å². The molecule has 2 saturated carbocycles. The molecule has 44 heavy (non-hydrogen) atoms. The number of hydrogen-bond acceptors (Lipinski definition) is 5. The molecule has 0 atom stereocenters. The summed E-state index contributed by atoms with van der Waals surface area (Å²) in [6.07, 6.45) is 13.9. The molecule has 0 aliphatic heterocycles. The van der Waals surface area contributed by atoms with Crippen molar-refractivity contribution in [1.29, 1.82) is 0 Å². The molecule has 2 N–H and O–H groups in total. The maximum Gasteiger partial charge on any atom is 0.146 e. The van der Waals surface area contributed by atoms with E-state index in [1.165, 1.54) is 64.2 Å². The second-order valence-corrected chi connectivity index (χ2v) is 14.4. The molecule has 0 spiro atoms. The summed E-state index contributed by atoms with van der Waals surface area (Å²) in [6, 6.07) is 20.3. The molecule has 0 radical (unpaired) electrons. The first-order chi connectivity index (χ1) is 21.6. The van der Waals surface area contributed by atoms with Crippen LogP contribution in [0.5, 0.6) is 11.5 Å². The maximum absolute atomic E-state index is 6.54. The molecule has 6 rings (SSSR count). The number of fused-ring (bicyclic) bond motifs is 1. The third-order valence-corrected chi connectivity index (χ3v) is 11.2. The first kappa shape index (κ1) is 32.8. The Balaban J connectivity index is 0.00000188. The lowest BCUT2D eigenvalue weighted by Gasteiger charge is -2.37. The summed E-state index contributed by atoms with van der Waals surface area (Å²) in [7, 11) is 0. The molecule has 2 fully saturated rings. The number of benzene rings is 3. The van der Waals surface area contributed by atoms with E-state index in [4.69, 9.17) is 20.2 Å². The Bertz CT molecular complexity index is 1440. The minimum absolute atomic E-state index is 0.501. The quantitative estimate of drug-likeness (QED) is 0.170. The van der Waals surface area contributed by atoms with Gasteiger partial charge in [-0.2, -0.15) is 0 Å². The molecule has 4 nitrogen and oxygen atoms in total. The molecule has 6 heteroatoms. The Kier molecular flexibility index (Phi) is 12.0. The van der Waals surface area contributed by atoms with Crippen LogP contribution in [0, 0.1) is 23.7 Å². The van der Waals surface area contributed by atoms with E-state index in [0.29, 0.717) is 12.5 Å². The highest BCUT2D eigenvalue weighted by Crippen LogP contribution is 2.44. The van der Waals surface area contributed by atoms with Gasteiger partial charge in [-0.3, -0.25) is 0 Å². The average Bonchev–Trinajstić information content (AvgIpc) is 3.52. The standard InChI is InChI=1S/C36H43BrN2O2S.C2H6/c1-2-3-24-4-10-27(11-5-24)28-12-6-25(7-13-28)22-40-32-20-21-33(41-23-26-8-16-30(37)17-9-26)35-34(32)39-36(42-35)29-14-18-31(38)19-15-29;1-2/h8-9,14-21,24-25,27-28H,2-7,10-13,22-23,38H2,1H3;1-2H3. The van der Waals surface area contributed by atoms with Crippen LogP contribution in [0.3, 0.4) is 0 Å². The number of anilines is 1. The molecule has 2 aliphatic carbocycles. The number of hydrogen-bond donors (Lipinski definition) is 1. The van der Waals surface area contributed by atoms with E-state index in [2.05, 4.69) is 35.0 Å². The normalized spacial score (nSPS) is 21.8. The summed E-state index contributed by atoms with van der Waals surface area (Å²) in [5.74, 6) is 5.21. The van der Waals surface area contributed by atoms with Gasteiger partial charge in [0.15, 0.2) is 0 Å². The molecule has 1 heterocycles. The average molecular weight is 678 g/mol. The number of rotatable bonds is 10. The fourth-order valence-electron chi connectivity index (χ4n) is 7.07. The first-order valence-electron chi connectivity index (χ1n) is 16.8. The highest BCUT2D eigenvalue weighted by atomic mass is 79.9. The van der Waals surface area contributed by atoms with Crippen LogP contribution in [0.15, 0.2) is 65.1 Å². The lowest BCUT2D eigenvalue weighted by Crippen LogP contribution is -2.27. The number of nitrogens with two attached hydrogens (primary N) is 1. The van der Waals surface area contributed by atoms with Gasteiger partial charge in [-0.25, -0.2) is 4.98 Å². The van der Waals surface area contributed by atoms with Crippen molar-refractivity contribution in [2.75, 3.05) is 12.3 Å². The van der Waals surface area contributed by atoms with Crippen LogP contribution in [0.1, 0.15) is 90.5 Å². The Hall–Kier alpha value is -2.57. The highest BCUT2D eigenvalue weighted by Gasteiger charge is 2.31. The van der Waals surface area contributed by atoms with E-state index in [1.54, 1.807) is 11.3 Å². The molecule has 0 unspecified atom stereocenters. The van der Waals surface area contributed by atoms with Crippen molar-refractivity contribution < 1.29 is 9.47 Å². The zero-order valence-electron chi connectivity index (χ0n) is 26.7. The second-order valence-electron chi connectivity index (χ2n) is 12.5. The fourth-order valence-corrected chi connectivity index (χ4v) is 8.39. The zero-order chi connectivity index (χ0) is 30.9. The molecule has 3 aromatic carbocycles. The third kappa shape index (κ3) is 8.37. The van der Waals surface area contributed by atoms with Gasteiger partial charge >= 0.3 is 0 Å². The van der Waals surface area contributed by atoms with Crippen LogP contribution >= 0.6 is 27.3 Å².